The van der Waals surface area contributed by atoms with Gasteiger partial charge in [0, 0.05) is 12.8 Å². The fraction of sp³-hybridized carbons (Fsp3) is 0.611. The van der Waals surface area contributed by atoms with Gasteiger partial charge in [-0.25, -0.2) is 13.2 Å². The number of ether oxygens (including phenoxy) is 2. The molecule has 0 saturated carbocycles. The average Bonchev–Trinajstić information content (AvgIpc) is 2.90. The van der Waals surface area contributed by atoms with Crippen LogP contribution in [0.1, 0.15) is 24.8 Å². The van der Waals surface area contributed by atoms with Crippen LogP contribution >= 0.6 is 0 Å². The molecule has 11 heteroatoms. The van der Waals surface area contributed by atoms with E-state index >= 15 is 0 Å². The Morgan fingerprint density at radius 2 is 1.90 bits per heavy atom. The molecule has 7 nitrogen and oxygen atoms in total. The monoisotopic (exact) mass is 439 g/mol. The van der Waals surface area contributed by atoms with Gasteiger partial charge in [0.1, 0.15) is 6.04 Å². The van der Waals surface area contributed by atoms with E-state index in [1.54, 1.807) is 0 Å². The first kappa shape index (κ1) is 23.6. The molecule has 1 unspecified atom stereocenters. The highest BCUT2D eigenvalue weighted by Gasteiger charge is 2.71. The first-order valence-corrected chi connectivity index (χ1v) is 10.4. The summed E-state index contributed by atoms with van der Waals surface area (Å²) in [6.07, 6.45) is 2.94. The first-order chi connectivity index (χ1) is 13.4. The van der Waals surface area contributed by atoms with Crippen LogP contribution in [-0.2, 0) is 31.0 Å². The minimum atomic E-state index is -6.09. The number of hydrogen-bond acceptors (Lipinski definition) is 6. The summed E-state index contributed by atoms with van der Waals surface area (Å²) in [5, 5.41) is 0. The van der Waals surface area contributed by atoms with Crippen molar-refractivity contribution < 1.29 is 44.9 Å². The van der Waals surface area contributed by atoms with Gasteiger partial charge in [0.05, 0.1) is 40.3 Å². The molecule has 1 aromatic rings. The summed E-state index contributed by atoms with van der Waals surface area (Å²) in [4.78, 5) is 12.2. The van der Waals surface area contributed by atoms with E-state index in [1.165, 1.54) is 12.7 Å². The van der Waals surface area contributed by atoms with Gasteiger partial charge < -0.3 is 18.5 Å². The van der Waals surface area contributed by atoms with Crippen molar-refractivity contribution in [1.29, 1.82) is 0 Å². The zero-order valence-electron chi connectivity index (χ0n) is 16.1. The van der Waals surface area contributed by atoms with Crippen molar-refractivity contribution in [2.45, 2.75) is 43.0 Å². The largest absolute Gasteiger partial charge is 0.741 e. The molecule has 0 aromatic heterocycles. The Morgan fingerprint density at radius 3 is 2.41 bits per heavy atom. The van der Waals surface area contributed by atoms with Gasteiger partial charge in [-0.05, 0) is 5.56 Å². The number of fused-ring (bicyclic) bond motifs is 1. The summed E-state index contributed by atoms with van der Waals surface area (Å²) in [6.45, 7) is 2.40. The molecule has 1 aromatic carbocycles. The van der Waals surface area contributed by atoms with E-state index in [0.29, 0.717) is 19.3 Å². The number of benzene rings is 1. The van der Waals surface area contributed by atoms with Crippen molar-refractivity contribution in [2.75, 3.05) is 27.3 Å². The highest BCUT2D eigenvalue weighted by atomic mass is 32.2. The summed E-state index contributed by atoms with van der Waals surface area (Å²) in [5.74, 6) is -0.0400. The predicted molar refractivity (Wildman–Crippen MR) is 95.3 cm³/mol. The van der Waals surface area contributed by atoms with Crippen molar-refractivity contribution in [3.8, 4) is 0 Å². The lowest BCUT2D eigenvalue weighted by atomic mass is 9.76. The standard InChI is InChI=1S/C17H24NO3.CHF3O3S/c1-18-10-6-9-17(18,16(19)20-2)11-15(18)13-21-12-14-7-4-3-5-8-14;2-1(3,4)8(5,6)7/h3-5,7-8,15H,6,9-13H2,1-2H3;(H,5,6,7)/q+1;/p-1/t15-,17+,18?;/m0./s1. The van der Waals surface area contributed by atoms with Gasteiger partial charge in [-0.2, -0.15) is 13.2 Å². The molecule has 0 spiro atoms. The summed E-state index contributed by atoms with van der Waals surface area (Å²) in [5.41, 5.74) is -4.75. The summed E-state index contributed by atoms with van der Waals surface area (Å²) >= 11 is 0. The Labute approximate surface area is 167 Å². The fourth-order valence-corrected chi connectivity index (χ4v) is 4.19. The number of likely N-dealkylation sites (N-methyl/N-ethyl adjacent to an activating group) is 1. The SMILES string of the molecule is COC(=O)[C@]12CCC[N+]1(C)[C@H](COCc1ccccc1)C2.O=S(=O)([O-])C(F)(F)F. The van der Waals surface area contributed by atoms with Gasteiger partial charge in [0.2, 0.25) is 5.54 Å². The molecule has 0 aliphatic carbocycles. The van der Waals surface area contributed by atoms with Crippen molar-refractivity contribution in [1.82, 2.24) is 0 Å². The Hall–Kier alpha value is -1.69. The first-order valence-electron chi connectivity index (χ1n) is 8.95. The summed E-state index contributed by atoms with van der Waals surface area (Å²) in [6, 6.07) is 10.6. The van der Waals surface area contributed by atoms with Gasteiger partial charge in [-0.1, -0.05) is 30.3 Å². The number of nitrogens with zero attached hydrogens (tertiary/aromatic N) is 1. The molecule has 3 rings (SSSR count). The van der Waals surface area contributed by atoms with Gasteiger partial charge in [0.15, 0.2) is 10.1 Å². The minimum absolute atomic E-state index is 0.0400. The maximum atomic E-state index is 12.2. The quantitative estimate of drug-likeness (QED) is 0.302. The minimum Gasteiger partial charge on any atom is -0.741 e. The number of hydrogen-bond donors (Lipinski definition) is 0. The van der Waals surface area contributed by atoms with Gasteiger partial charge in [0.25, 0.3) is 0 Å². The van der Waals surface area contributed by atoms with E-state index in [4.69, 9.17) is 22.4 Å². The van der Waals surface area contributed by atoms with Crippen LogP contribution in [0.2, 0.25) is 0 Å². The highest BCUT2D eigenvalue weighted by molar-refractivity contribution is 7.86. The van der Waals surface area contributed by atoms with E-state index in [1.807, 2.05) is 18.2 Å². The molecule has 2 aliphatic rings. The summed E-state index contributed by atoms with van der Waals surface area (Å²) < 4.78 is 70.6. The predicted octanol–water partition coefficient (Wildman–Crippen LogP) is 2.18. The fourth-order valence-electron chi connectivity index (χ4n) is 4.19. The van der Waals surface area contributed by atoms with Crippen molar-refractivity contribution in [3.63, 3.8) is 0 Å². The molecule has 3 atom stereocenters. The Balaban J connectivity index is 0.000000321. The second kappa shape index (κ2) is 8.58. The van der Waals surface area contributed by atoms with Gasteiger partial charge >= 0.3 is 11.5 Å². The number of esters is 1. The Bertz CT molecular complexity index is 817. The zero-order valence-corrected chi connectivity index (χ0v) is 17.0. The van der Waals surface area contributed by atoms with Crippen molar-refractivity contribution >= 4 is 16.1 Å². The highest BCUT2D eigenvalue weighted by Crippen LogP contribution is 2.52. The molecular weight excluding hydrogens is 415 g/mol. The normalized spacial score (nSPS) is 28.6. The topological polar surface area (TPSA) is 92.7 Å². The van der Waals surface area contributed by atoms with E-state index in [2.05, 4.69) is 19.2 Å². The molecule has 0 amide bonds. The third-order valence-corrected chi connectivity index (χ3v) is 6.41. The average molecular weight is 439 g/mol. The van der Waals surface area contributed by atoms with Crippen LogP contribution in [-0.4, -0.2) is 67.8 Å². The van der Waals surface area contributed by atoms with Crippen LogP contribution in [0.25, 0.3) is 0 Å². The second-order valence-corrected chi connectivity index (χ2v) is 8.75. The van der Waals surface area contributed by atoms with Crippen LogP contribution < -0.4 is 0 Å². The molecule has 2 aliphatic heterocycles. The lowest BCUT2D eigenvalue weighted by molar-refractivity contribution is -1.00. The molecule has 0 N–H and O–H groups in total. The van der Waals surface area contributed by atoms with E-state index < -0.39 is 15.6 Å². The number of carbonyl (C=O) groups is 1. The van der Waals surface area contributed by atoms with E-state index in [-0.39, 0.29) is 11.5 Å². The van der Waals surface area contributed by atoms with Crippen LogP contribution in [0.3, 0.4) is 0 Å². The zero-order chi connectivity index (χ0) is 21.9. The van der Waals surface area contributed by atoms with Crippen molar-refractivity contribution in [3.05, 3.63) is 35.9 Å². The van der Waals surface area contributed by atoms with Gasteiger partial charge in [-0.3, -0.25) is 0 Å². The molecule has 2 fully saturated rings. The molecule has 2 heterocycles. The molecule has 164 valence electrons. The van der Waals surface area contributed by atoms with Crippen LogP contribution in [0.5, 0.6) is 0 Å². The number of carbonyl (C=O) groups excluding carboxylic acids is 1. The second-order valence-electron chi connectivity index (χ2n) is 7.38. The molecule has 0 radical (unpaired) electrons. The lowest BCUT2D eigenvalue weighted by Gasteiger charge is -2.58. The molecule has 29 heavy (non-hydrogen) atoms. The van der Waals surface area contributed by atoms with Gasteiger partial charge in [-0.15, -0.1) is 0 Å². The number of rotatable bonds is 5. The number of alkyl halides is 3. The Kier molecular flexibility index (Phi) is 6.98. The van der Waals surface area contributed by atoms with Crippen LogP contribution in [0.15, 0.2) is 30.3 Å². The van der Waals surface area contributed by atoms with E-state index in [9.17, 15) is 18.0 Å². The van der Waals surface area contributed by atoms with E-state index in [0.717, 1.165) is 30.3 Å². The number of quaternary nitrogens is 1. The molecule has 2 saturated heterocycles. The molecular formula is C18H24F3NO6S. The number of methoxy groups -OCH3 is 1. The van der Waals surface area contributed by atoms with Crippen molar-refractivity contribution in [2.24, 2.45) is 0 Å². The maximum Gasteiger partial charge on any atom is 0.485 e. The summed E-state index contributed by atoms with van der Waals surface area (Å²) in [7, 11) is -2.41. The van der Waals surface area contributed by atoms with Crippen LogP contribution in [0, 0.1) is 0 Å². The third kappa shape index (κ3) is 4.73. The smallest absolute Gasteiger partial charge is 0.485 e. The van der Waals surface area contributed by atoms with Crippen LogP contribution in [0.4, 0.5) is 13.2 Å². The Morgan fingerprint density at radius 1 is 1.31 bits per heavy atom. The number of halogens is 3. The molecule has 0 bridgehead atoms. The lowest BCUT2D eigenvalue weighted by Crippen LogP contribution is -2.78. The third-order valence-electron chi connectivity index (χ3n) is 5.84. The maximum absolute atomic E-state index is 12.2.